The summed E-state index contributed by atoms with van der Waals surface area (Å²) in [7, 11) is 0. The summed E-state index contributed by atoms with van der Waals surface area (Å²) in [6, 6.07) is 7.90. The van der Waals surface area contributed by atoms with Crippen molar-refractivity contribution in [3.8, 4) is 0 Å². The first-order chi connectivity index (χ1) is 14.7. The van der Waals surface area contributed by atoms with Crippen molar-refractivity contribution in [3.63, 3.8) is 0 Å². The van der Waals surface area contributed by atoms with Crippen LogP contribution < -0.4 is 16.4 Å². The monoisotopic (exact) mass is 441 g/mol. The Kier molecular flexibility index (Phi) is 6.70. The van der Waals surface area contributed by atoms with E-state index in [2.05, 4.69) is 56.5 Å². The van der Waals surface area contributed by atoms with Crippen LogP contribution in [-0.4, -0.2) is 23.7 Å². The standard InChI is InChI=1S/C27H43N3S/c1-18(2)19-10-12-21-20(16-19)11-13-24-26(3,14-7-15-27(21,24)4)17-29-25(31)30-23-9-6-5-8-22(23)28/h10,12,16,18,22-24H,5-9,11,13-15,17,28H2,1-4H3,(H2,29,30,31)/t22?,23?,24-,26-,27+/m0/s1. The highest BCUT2D eigenvalue weighted by molar-refractivity contribution is 7.80. The van der Waals surface area contributed by atoms with Gasteiger partial charge in [0.1, 0.15) is 0 Å². The largest absolute Gasteiger partial charge is 0.362 e. The van der Waals surface area contributed by atoms with E-state index in [-0.39, 0.29) is 16.9 Å². The number of hydrogen-bond donors (Lipinski definition) is 3. The molecule has 4 heteroatoms. The van der Waals surface area contributed by atoms with Crippen LogP contribution in [0.5, 0.6) is 0 Å². The third kappa shape index (κ3) is 4.53. The van der Waals surface area contributed by atoms with Crippen LogP contribution in [0, 0.1) is 11.3 Å². The second-order valence-corrected chi connectivity index (χ2v) is 11.9. The third-order valence-electron chi connectivity index (χ3n) is 8.96. The lowest BCUT2D eigenvalue weighted by atomic mass is 9.49. The van der Waals surface area contributed by atoms with Gasteiger partial charge in [-0.1, -0.05) is 65.2 Å². The fourth-order valence-electron chi connectivity index (χ4n) is 7.05. The molecule has 2 saturated carbocycles. The van der Waals surface area contributed by atoms with Gasteiger partial charge in [0.25, 0.3) is 0 Å². The molecule has 5 atom stereocenters. The van der Waals surface area contributed by atoms with Crippen LogP contribution in [0.1, 0.15) is 102 Å². The number of aryl methyl sites for hydroxylation is 1. The van der Waals surface area contributed by atoms with Gasteiger partial charge in [-0.15, -0.1) is 0 Å². The van der Waals surface area contributed by atoms with Crippen molar-refractivity contribution in [3.05, 3.63) is 34.9 Å². The quantitative estimate of drug-likeness (QED) is 0.536. The molecule has 0 bridgehead atoms. The van der Waals surface area contributed by atoms with Gasteiger partial charge in [0.05, 0.1) is 0 Å². The highest BCUT2D eigenvalue weighted by atomic mass is 32.1. The number of nitrogens with one attached hydrogen (secondary N) is 2. The molecule has 2 unspecified atom stereocenters. The second-order valence-electron chi connectivity index (χ2n) is 11.5. The number of fused-ring (bicyclic) bond motifs is 3. The van der Waals surface area contributed by atoms with Crippen molar-refractivity contribution in [2.24, 2.45) is 17.1 Å². The molecule has 0 amide bonds. The van der Waals surface area contributed by atoms with E-state index < -0.39 is 0 Å². The van der Waals surface area contributed by atoms with E-state index in [1.807, 2.05) is 0 Å². The summed E-state index contributed by atoms with van der Waals surface area (Å²) in [6.07, 6.45) is 11.1. The van der Waals surface area contributed by atoms with Crippen LogP contribution in [0.4, 0.5) is 0 Å². The lowest BCUT2D eigenvalue weighted by Gasteiger charge is -2.55. The van der Waals surface area contributed by atoms with Gasteiger partial charge >= 0.3 is 0 Å². The van der Waals surface area contributed by atoms with Gasteiger partial charge in [0.15, 0.2) is 5.11 Å². The van der Waals surface area contributed by atoms with E-state index in [9.17, 15) is 0 Å². The summed E-state index contributed by atoms with van der Waals surface area (Å²) in [6.45, 7) is 10.6. The molecule has 0 radical (unpaired) electrons. The van der Waals surface area contributed by atoms with E-state index in [1.54, 1.807) is 11.1 Å². The third-order valence-corrected chi connectivity index (χ3v) is 9.22. The Morgan fingerprint density at radius 3 is 2.65 bits per heavy atom. The molecule has 4 N–H and O–H groups in total. The smallest absolute Gasteiger partial charge is 0.166 e. The van der Waals surface area contributed by atoms with E-state index in [4.69, 9.17) is 18.0 Å². The lowest BCUT2D eigenvalue weighted by molar-refractivity contribution is 0.0292. The van der Waals surface area contributed by atoms with Crippen molar-refractivity contribution < 1.29 is 0 Å². The minimum atomic E-state index is 0.229. The fourth-order valence-corrected chi connectivity index (χ4v) is 7.28. The van der Waals surface area contributed by atoms with Crippen LogP contribution >= 0.6 is 12.2 Å². The zero-order chi connectivity index (χ0) is 22.2. The first-order valence-corrected chi connectivity index (χ1v) is 13.1. The predicted molar refractivity (Wildman–Crippen MR) is 136 cm³/mol. The maximum Gasteiger partial charge on any atom is 0.166 e. The maximum absolute atomic E-state index is 6.32. The van der Waals surface area contributed by atoms with Crippen molar-refractivity contribution in [2.45, 2.75) is 109 Å². The summed E-state index contributed by atoms with van der Waals surface area (Å²) < 4.78 is 0. The highest BCUT2D eigenvalue weighted by Crippen LogP contribution is 2.57. The van der Waals surface area contributed by atoms with E-state index in [1.165, 1.54) is 50.5 Å². The van der Waals surface area contributed by atoms with E-state index >= 15 is 0 Å². The van der Waals surface area contributed by atoms with Crippen LogP contribution in [0.2, 0.25) is 0 Å². The number of thiocarbonyl (C=S) groups is 1. The van der Waals surface area contributed by atoms with Crippen LogP contribution in [0.15, 0.2) is 18.2 Å². The van der Waals surface area contributed by atoms with Crippen molar-refractivity contribution >= 4 is 17.3 Å². The Hall–Kier alpha value is -1.13. The first-order valence-electron chi connectivity index (χ1n) is 12.7. The van der Waals surface area contributed by atoms with Gasteiger partial charge in [-0.2, -0.15) is 0 Å². The molecule has 0 heterocycles. The Labute approximate surface area is 195 Å². The molecule has 3 aliphatic rings. The number of benzene rings is 1. The average molecular weight is 442 g/mol. The number of rotatable bonds is 4. The molecule has 31 heavy (non-hydrogen) atoms. The van der Waals surface area contributed by atoms with Crippen molar-refractivity contribution in [1.29, 1.82) is 0 Å². The highest BCUT2D eigenvalue weighted by Gasteiger charge is 2.51. The van der Waals surface area contributed by atoms with Crippen molar-refractivity contribution in [2.75, 3.05) is 6.54 Å². The summed E-state index contributed by atoms with van der Waals surface area (Å²) >= 11 is 5.70. The van der Waals surface area contributed by atoms with Gasteiger partial charge in [-0.05, 0) is 90.1 Å². The topological polar surface area (TPSA) is 50.1 Å². The Morgan fingerprint density at radius 2 is 1.90 bits per heavy atom. The van der Waals surface area contributed by atoms with Crippen LogP contribution in [0.3, 0.4) is 0 Å². The molecule has 1 aromatic rings. The average Bonchev–Trinajstić information content (AvgIpc) is 2.73. The summed E-state index contributed by atoms with van der Waals surface area (Å²) in [5.41, 5.74) is 11.6. The lowest BCUT2D eigenvalue weighted by Crippen LogP contribution is -2.56. The first kappa shape index (κ1) is 23.0. The molecular weight excluding hydrogens is 398 g/mol. The summed E-state index contributed by atoms with van der Waals surface area (Å²) in [4.78, 5) is 0. The van der Waals surface area contributed by atoms with Crippen molar-refractivity contribution in [1.82, 2.24) is 10.6 Å². The molecule has 172 valence electrons. The molecule has 0 aliphatic heterocycles. The van der Waals surface area contributed by atoms with Crippen LogP contribution in [0.25, 0.3) is 0 Å². The molecular formula is C27H43N3S. The van der Waals surface area contributed by atoms with Gasteiger partial charge in [-0.25, -0.2) is 0 Å². The molecule has 3 nitrogen and oxygen atoms in total. The Morgan fingerprint density at radius 1 is 1.13 bits per heavy atom. The second kappa shape index (κ2) is 9.02. The Balaban J connectivity index is 1.46. The Bertz CT molecular complexity index is 806. The minimum absolute atomic E-state index is 0.229. The van der Waals surface area contributed by atoms with Gasteiger partial charge in [0.2, 0.25) is 0 Å². The molecule has 1 aromatic carbocycles. The molecule has 0 spiro atoms. The predicted octanol–water partition coefficient (Wildman–Crippen LogP) is 5.55. The van der Waals surface area contributed by atoms with E-state index in [0.29, 0.717) is 17.9 Å². The van der Waals surface area contributed by atoms with Crippen LogP contribution in [-0.2, 0) is 11.8 Å². The minimum Gasteiger partial charge on any atom is -0.362 e. The molecule has 4 rings (SSSR count). The van der Waals surface area contributed by atoms with Gasteiger partial charge < -0.3 is 16.4 Å². The van der Waals surface area contributed by atoms with E-state index in [0.717, 1.165) is 24.5 Å². The normalized spacial score (nSPS) is 35.2. The molecule has 3 aliphatic carbocycles. The maximum atomic E-state index is 6.32. The SMILES string of the molecule is CC(C)c1ccc2c(c1)CC[C@H]1[C@](C)(CNC(=S)NC3CCCCC3N)CCC[C@]21C. The van der Waals surface area contributed by atoms with Gasteiger partial charge in [-0.3, -0.25) is 0 Å². The number of nitrogens with two attached hydrogens (primary N) is 1. The molecule has 2 fully saturated rings. The van der Waals surface area contributed by atoms with Gasteiger partial charge in [0, 0.05) is 18.6 Å². The fraction of sp³-hybridized carbons (Fsp3) is 0.741. The number of hydrogen-bond acceptors (Lipinski definition) is 2. The summed E-state index contributed by atoms with van der Waals surface area (Å²) in [5.74, 6) is 1.29. The zero-order valence-electron chi connectivity index (χ0n) is 20.1. The summed E-state index contributed by atoms with van der Waals surface area (Å²) in [5, 5.41) is 7.96. The molecule has 0 aromatic heterocycles. The molecule has 0 saturated heterocycles. The zero-order valence-corrected chi connectivity index (χ0v) is 20.9.